The molecule has 2 N–H and O–H groups in total. The van der Waals surface area contributed by atoms with E-state index in [4.69, 9.17) is 5.11 Å². The Morgan fingerprint density at radius 3 is 2.52 bits per heavy atom. The molecule has 4 heterocycles. The summed E-state index contributed by atoms with van der Waals surface area (Å²) in [5.74, 6) is 0.541. The van der Waals surface area contributed by atoms with Crippen LogP contribution in [0.1, 0.15) is 0 Å². The van der Waals surface area contributed by atoms with Crippen molar-refractivity contribution in [1.29, 1.82) is 0 Å². The Balaban J connectivity index is 1.30. The third kappa shape index (κ3) is 4.10. The van der Waals surface area contributed by atoms with Crippen molar-refractivity contribution in [2.75, 3.05) is 49.5 Å². The Bertz CT molecular complexity index is 1160. The molecule has 31 heavy (non-hydrogen) atoms. The van der Waals surface area contributed by atoms with E-state index >= 15 is 0 Å². The molecule has 0 aliphatic carbocycles. The van der Waals surface area contributed by atoms with E-state index in [9.17, 15) is 0 Å². The zero-order chi connectivity index (χ0) is 21.2. The van der Waals surface area contributed by atoms with Crippen LogP contribution in [0.25, 0.3) is 16.8 Å². The maximum atomic E-state index is 9.10. The van der Waals surface area contributed by atoms with E-state index in [0.29, 0.717) is 5.95 Å². The van der Waals surface area contributed by atoms with E-state index in [1.54, 1.807) is 4.68 Å². The van der Waals surface area contributed by atoms with Crippen molar-refractivity contribution in [2.45, 2.75) is 0 Å². The minimum absolute atomic E-state index is 0.223. The summed E-state index contributed by atoms with van der Waals surface area (Å²) >= 11 is 0. The standard InChI is InChI=1S/C22H26N8O/c1-27-16-17(14-24-27)21-7-6-20-15-23-22(26-30(20)21)25-18-2-4-19(5-3-18)29-10-8-28(9-11-29)12-13-31/h2-7,14-16,31H,8-13H2,1H3,(H,25,26). The summed E-state index contributed by atoms with van der Waals surface area (Å²) in [7, 11) is 1.90. The summed E-state index contributed by atoms with van der Waals surface area (Å²) in [6.45, 7) is 4.87. The van der Waals surface area contributed by atoms with Gasteiger partial charge in [0.25, 0.3) is 0 Å². The van der Waals surface area contributed by atoms with Gasteiger partial charge in [-0.05, 0) is 36.4 Å². The monoisotopic (exact) mass is 418 g/mol. The van der Waals surface area contributed by atoms with Crippen LogP contribution in [0.2, 0.25) is 0 Å². The number of hydrogen-bond donors (Lipinski definition) is 2. The minimum Gasteiger partial charge on any atom is -0.395 e. The van der Waals surface area contributed by atoms with Gasteiger partial charge in [-0.15, -0.1) is 5.10 Å². The number of benzene rings is 1. The molecule has 1 fully saturated rings. The number of aryl methyl sites for hydroxylation is 1. The largest absolute Gasteiger partial charge is 0.395 e. The average molecular weight is 419 g/mol. The summed E-state index contributed by atoms with van der Waals surface area (Å²) in [5.41, 5.74) is 5.06. The molecule has 1 aliphatic heterocycles. The Morgan fingerprint density at radius 2 is 1.81 bits per heavy atom. The van der Waals surface area contributed by atoms with Gasteiger partial charge >= 0.3 is 0 Å². The first kappa shape index (κ1) is 19.5. The van der Waals surface area contributed by atoms with Crippen LogP contribution in [-0.4, -0.2) is 73.7 Å². The van der Waals surface area contributed by atoms with Crippen LogP contribution in [0.5, 0.6) is 0 Å². The van der Waals surface area contributed by atoms with Crippen molar-refractivity contribution in [3.8, 4) is 11.3 Å². The summed E-state index contributed by atoms with van der Waals surface area (Å²) in [5, 5.41) is 21.3. The normalized spacial score (nSPS) is 15.0. The molecule has 9 heteroatoms. The molecule has 1 aromatic carbocycles. The number of hydrogen-bond acceptors (Lipinski definition) is 7. The van der Waals surface area contributed by atoms with Crippen LogP contribution < -0.4 is 10.2 Å². The van der Waals surface area contributed by atoms with E-state index in [1.807, 2.05) is 42.3 Å². The van der Waals surface area contributed by atoms with Gasteiger partial charge in [0.05, 0.1) is 30.2 Å². The molecule has 4 aromatic rings. The van der Waals surface area contributed by atoms with E-state index < -0.39 is 0 Å². The highest BCUT2D eigenvalue weighted by atomic mass is 16.3. The number of rotatable bonds is 6. The lowest BCUT2D eigenvalue weighted by atomic mass is 10.2. The summed E-state index contributed by atoms with van der Waals surface area (Å²) in [4.78, 5) is 9.12. The number of fused-ring (bicyclic) bond motifs is 1. The van der Waals surface area contributed by atoms with E-state index in [0.717, 1.165) is 55.2 Å². The lowest BCUT2D eigenvalue weighted by molar-refractivity contribution is 0.189. The van der Waals surface area contributed by atoms with E-state index in [2.05, 4.69) is 54.6 Å². The second-order valence-corrected chi connectivity index (χ2v) is 7.76. The van der Waals surface area contributed by atoms with Gasteiger partial charge in [0.2, 0.25) is 5.95 Å². The second-order valence-electron chi connectivity index (χ2n) is 7.76. The van der Waals surface area contributed by atoms with Crippen molar-refractivity contribution >= 4 is 22.8 Å². The Labute approximate surface area is 180 Å². The third-order valence-electron chi connectivity index (χ3n) is 5.68. The lowest BCUT2D eigenvalue weighted by Gasteiger charge is -2.35. The van der Waals surface area contributed by atoms with E-state index in [-0.39, 0.29) is 6.61 Å². The first-order valence-corrected chi connectivity index (χ1v) is 10.5. The minimum atomic E-state index is 0.223. The Morgan fingerprint density at radius 1 is 1.00 bits per heavy atom. The number of aromatic nitrogens is 5. The molecule has 3 aromatic heterocycles. The summed E-state index contributed by atoms with van der Waals surface area (Å²) in [6.07, 6.45) is 5.62. The molecule has 1 aliphatic rings. The molecule has 0 amide bonds. The van der Waals surface area contributed by atoms with Crippen molar-refractivity contribution in [2.24, 2.45) is 7.05 Å². The van der Waals surface area contributed by atoms with Crippen molar-refractivity contribution < 1.29 is 5.11 Å². The highest BCUT2D eigenvalue weighted by molar-refractivity contribution is 5.66. The van der Waals surface area contributed by atoms with Gasteiger partial charge in [-0.3, -0.25) is 9.58 Å². The molecule has 0 saturated carbocycles. The van der Waals surface area contributed by atoms with E-state index in [1.165, 1.54) is 5.69 Å². The number of β-amino-alcohol motifs (C(OH)–C–C–N with tert-alkyl or cyclic N) is 1. The number of piperazine rings is 1. The van der Waals surface area contributed by atoms with Gasteiger partial charge in [-0.2, -0.15) is 5.10 Å². The van der Waals surface area contributed by atoms with Crippen LogP contribution in [0, 0.1) is 0 Å². The van der Waals surface area contributed by atoms with Crippen LogP contribution >= 0.6 is 0 Å². The highest BCUT2D eigenvalue weighted by Crippen LogP contribution is 2.23. The first-order valence-electron chi connectivity index (χ1n) is 10.5. The third-order valence-corrected chi connectivity index (χ3v) is 5.68. The predicted octanol–water partition coefficient (Wildman–Crippen LogP) is 1.99. The average Bonchev–Trinajstić information content (AvgIpc) is 3.41. The highest BCUT2D eigenvalue weighted by Gasteiger charge is 2.16. The number of nitrogens with one attached hydrogen (secondary N) is 1. The van der Waals surface area contributed by atoms with Crippen molar-refractivity contribution in [1.82, 2.24) is 29.3 Å². The summed E-state index contributed by atoms with van der Waals surface area (Å²) < 4.78 is 3.66. The Kier molecular flexibility index (Phi) is 5.27. The molecule has 0 atom stereocenters. The number of nitrogens with zero attached hydrogens (tertiary/aromatic N) is 7. The number of aliphatic hydroxyl groups is 1. The topological polar surface area (TPSA) is 86.8 Å². The van der Waals surface area contributed by atoms with Crippen LogP contribution in [0.4, 0.5) is 17.3 Å². The predicted molar refractivity (Wildman–Crippen MR) is 121 cm³/mol. The molecule has 0 radical (unpaired) electrons. The molecule has 0 spiro atoms. The fourth-order valence-corrected chi connectivity index (χ4v) is 3.99. The van der Waals surface area contributed by atoms with Gasteiger partial charge < -0.3 is 15.3 Å². The number of aliphatic hydroxyl groups excluding tert-OH is 1. The van der Waals surface area contributed by atoms with Crippen LogP contribution in [0.15, 0.2) is 55.0 Å². The van der Waals surface area contributed by atoms with Crippen LogP contribution in [-0.2, 0) is 7.05 Å². The van der Waals surface area contributed by atoms with Crippen LogP contribution in [0.3, 0.4) is 0 Å². The first-order chi connectivity index (χ1) is 15.2. The molecule has 0 unspecified atom stereocenters. The fourth-order valence-electron chi connectivity index (χ4n) is 3.99. The smallest absolute Gasteiger partial charge is 0.245 e. The molecule has 5 rings (SSSR count). The van der Waals surface area contributed by atoms with Crippen molar-refractivity contribution in [3.05, 3.63) is 55.0 Å². The molecular formula is C22H26N8O. The van der Waals surface area contributed by atoms with Crippen molar-refractivity contribution in [3.63, 3.8) is 0 Å². The zero-order valence-corrected chi connectivity index (χ0v) is 17.5. The zero-order valence-electron chi connectivity index (χ0n) is 17.5. The maximum Gasteiger partial charge on any atom is 0.245 e. The van der Waals surface area contributed by atoms with Gasteiger partial charge in [0.1, 0.15) is 0 Å². The Hall–Kier alpha value is -3.43. The van der Waals surface area contributed by atoms with Gasteiger partial charge in [-0.25, -0.2) is 9.50 Å². The fraction of sp³-hybridized carbons (Fsp3) is 0.318. The maximum absolute atomic E-state index is 9.10. The lowest BCUT2D eigenvalue weighted by Crippen LogP contribution is -2.47. The molecule has 0 bridgehead atoms. The van der Waals surface area contributed by atoms with Gasteiger partial charge in [0.15, 0.2) is 0 Å². The SMILES string of the molecule is Cn1cc(-c2ccc3cnc(Nc4ccc(N5CCN(CCO)CC5)cc4)nn23)cn1. The molecular weight excluding hydrogens is 392 g/mol. The molecule has 1 saturated heterocycles. The molecule has 160 valence electrons. The van der Waals surface area contributed by atoms with Gasteiger partial charge in [0, 0.05) is 62.9 Å². The van der Waals surface area contributed by atoms with Gasteiger partial charge in [-0.1, -0.05) is 0 Å². The number of anilines is 3. The molecule has 9 nitrogen and oxygen atoms in total. The quantitative estimate of drug-likeness (QED) is 0.495. The summed E-state index contributed by atoms with van der Waals surface area (Å²) in [6, 6.07) is 12.4. The second kappa shape index (κ2) is 8.37.